The van der Waals surface area contributed by atoms with Gasteiger partial charge in [0.2, 0.25) is 0 Å². The van der Waals surface area contributed by atoms with Crippen molar-refractivity contribution < 1.29 is 28.9 Å². The minimum atomic E-state index is -1.08. The number of pyridine rings is 1. The van der Waals surface area contributed by atoms with Gasteiger partial charge in [-0.15, -0.1) is 0 Å². The number of halogens is 3. The van der Waals surface area contributed by atoms with Gasteiger partial charge in [0.15, 0.2) is 11.6 Å². The van der Waals surface area contributed by atoms with Crippen molar-refractivity contribution in [2.24, 2.45) is 0 Å². The SMILES string of the molecule is C[C@@H](Oc1cc(-c2cnn(C3CCNCC3)c2)cnc1N)c1c(Cl)ccc(F)c1Cl.O=C(O)CCC(=O)O. The average molecular weight is 568 g/mol. The van der Waals surface area contributed by atoms with Crippen LogP contribution in [0.5, 0.6) is 5.75 Å². The minimum absolute atomic E-state index is 0.0686. The minimum Gasteiger partial charge on any atom is -0.482 e. The molecule has 0 bridgehead atoms. The fourth-order valence-corrected chi connectivity index (χ4v) is 4.52. The monoisotopic (exact) mass is 567 g/mol. The summed E-state index contributed by atoms with van der Waals surface area (Å²) >= 11 is 12.3. The van der Waals surface area contributed by atoms with Gasteiger partial charge in [0.25, 0.3) is 0 Å². The maximum atomic E-state index is 13.9. The number of anilines is 1. The van der Waals surface area contributed by atoms with Crippen LogP contribution in [-0.4, -0.2) is 50.0 Å². The lowest BCUT2D eigenvalue weighted by Crippen LogP contribution is -2.29. The van der Waals surface area contributed by atoms with Gasteiger partial charge < -0.3 is 26.0 Å². The second-order valence-electron chi connectivity index (χ2n) is 8.60. The summed E-state index contributed by atoms with van der Waals surface area (Å²) in [5.74, 6) is -2.12. The van der Waals surface area contributed by atoms with Gasteiger partial charge in [-0.25, -0.2) is 9.37 Å². The molecule has 0 radical (unpaired) electrons. The van der Waals surface area contributed by atoms with Crippen molar-refractivity contribution in [1.29, 1.82) is 0 Å². The molecule has 3 aromatic rings. The summed E-state index contributed by atoms with van der Waals surface area (Å²) in [5, 5.41) is 23.9. The Balaban J connectivity index is 0.000000436. The number of aromatic nitrogens is 3. The van der Waals surface area contributed by atoms with Crippen molar-refractivity contribution in [3.8, 4) is 16.9 Å². The Morgan fingerprint density at radius 1 is 1.18 bits per heavy atom. The first kappa shape index (κ1) is 29.2. The van der Waals surface area contributed by atoms with Gasteiger partial charge in [-0.2, -0.15) is 5.10 Å². The molecule has 1 aliphatic rings. The predicted molar refractivity (Wildman–Crippen MR) is 141 cm³/mol. The number of nitrogen functional groups attached to an aromatic ring is 1. The molecular weight excluding hydrogens is 540 g/mol. The number of nitrogens with zero attached hydrogens (tertiary/aromatic N) is 3. The third-order valence-corrected chi connectivity index (χ3v) is 6.56. The zero-order valence-electron chi connectivity index (χ0n) is 20.5. The molecule has 204 valence electrons. The first-order valence-corrected chi connectivity index (χ1v) is 12.6. The molecule has 1 aromatic carbocycles. The van der Waals surface area contributed by atoms with Crippen LogP contribution in [0.4, 0.5) is 10.2 Å². The number of carbonyl (C=O) groups is 2. The highest BCUT2D eigenvalue weighted by Crippen LogP contribution is 2.37. The van der Waals surface area contributed by atoms with E-state index in [4.69, 9.17) is 43.9 Å². The zero-order chi connectivity index (χ0) is 27.8. The first-order valence-electron chi connectivity index (χ1n) is 11.8. The molecule has 1 fully saturated rings. The summed E-state index contributed by atoms with van der Waals surface area (Å²) in [6.45, 7) is 3.71. The Morgan fingerprint density at radius 2 is 1.84 bits per heavy atom. The third-order valence-electron chi connectivity index (χ3n) is 5.84. The molecule has 5 N–H and O–H groups in total. The third kappa shape index (κ3) is 7.80. The van der Waals surface area contributed by atoms with Gasteiger partial charge in [0, 0.05) is 34.1 Å². The summed E-state index contributed by atoms with van der Waals surface area (Å²) in [6.07, 6.45) is 6.37. The van der Waals surface area contributed by atoms with Crippen LogP contribution in [-0.2, 0) is 9.59 Å². The summed E-state index contributed by atoms with van der Waals surface area (Å²) < 4.78 is 21.9. The highest BCUT2D eigenvalue weighted by Gasteiger charge is 2.21. The van der Waals surface area contributed by atoms with Crippen molar-refractivity contribution in [3.05, 3.63) is 58.2 Å². The molecule has 0 amide bonds. The molecular formula is C25H28Cl2FN5O5. The average Bonchev–Trinajstić information content (AvgIpc) is 3.38. The number of rotatable bonds is 8. The lowest BCUT2D eigenvalue weighted by Gasteiger charge is -2.22. The first-order chi connectivity index (χ1) is 18.1. The second-order valence-corrected chi connectivity index (χ2v) is 9.39. The highest BCUT2D eigenvalue weighted by atomic mass is 35.5. The molecule has 3 heterocycles. The van der Waals surface area contributed by atoms with E-state index in [1.54, 1.807) is 19.2 Å². The van der Waals surface area contributed by atoms with Crippen LogP contribution in [0.2, 0.25) is 10.0 Å². The smallest absolute Gasteiger partial charge is 0.303 e. The van der Waals surface area contributed by atoms with E-state index in [0.29, 0.717) is 22.4 Å². The Hall–Kier alpha value is -3.41. The number of ether oxygens (including phenoxy) is 1. The van der Waals surface area contributed by atoms with Crippen LogP contribution in [0.3, 0.4) is 0 Å². The number of carboxylic acid groups (broad SMARTS) is 2. The Kier molecular flexibility index (Phi) is 10.3. The lowest BCUT2D eigenvalue weighted by molar-refractivity contribution is -0.143. The Labute approximate surface area is 228 Å². The number of nitrogens with two attached hydrogens (primary N) is 1. The summed E-state index contributed by atoms with van der Waals surface area (Å²) in [7, 11) is 0. The van der Waals surface area contributed by atoms with E-state index in [1.807, 2.05) is 17.1 Å². The van der Waals surface area contributed by atoms with Crippen LogP contribution in [0, 0.1) is 5.82 Å². The fourth-order valence-electron chi connectivity index (χ4n) is 3.84. The van der Waals surface area contributed by atoms with Crippen molar-refractivity contribution in [1.82, 2.24) is 20.1 Å². The van der Waals surface area contributed by atoms with E-state index in [-0.39, 0.29) is 23.7 Å². The molecule has 0 spiro atoms. The van der Waals surface area contributed by atoms with Crippen LogP contribution in [0.15, 0.2) is 36.8 Å². The van der Waals surface area contributed by atoms with E-state index in [1.165, 1.54) is 12.1 Å². The molecule has 0 unspecified atom stereocenters. The lowest BCUT2D eigenvalue weighted by atomic mass is 10.1. The number of piperidine rings is 1. The summed E-state index contributed by atoms with van der Waals surface area (Å²) in [5.41, 5.74) is 8.12. The number of hydrogen-bond acceptors (Lipinski definition) is 7. The van der Waals surface area contributed by atoms with Crippen molar-refractivity contribution in [2.45, 2.75) is 44.8 Å². The zero-order valence-corrected chi connectivity index (χ0v) is 22.0. The number of carboxylic acids is 2. The molecule has 0 saturated carbocycles. The van der Waals surface area contributed by atoms with Crippen LogP contribution >= 0.6 is 23.2 Å². The Morgan fingerprint density at radius 3 is 2.47 bits per heavy atom. The van der Waals surface area contributed by atoms with Crippen molar-refractivity contribution in [3.63, 3.8) is 0 Å². The molecule has 0 aliphatic carbocycles. The molecule has 1 atom stereocenters. The van der Waals surface area contributed by atoms with Gasteiger partial charge in [-0.05, 0) is 51.1 Å². The van der Waals surface area contributed by atoms with E-state index in [9.17, 15) is 14.0 Å². The normalized spacial score (nSPS) is 14.3. The van der Waals surface area contributed by atoms with Gasteiger partial charge in [0.05, 0.1) is 30.1 Å². The maximum absolute atomic E-state index is 13.9. The molecule has 1 saturated heterocycles. The van der Waals surface area contributed by atoms with Gasteiger partial charge in [-0.3, -0.25) is 14.3 Å². The summed E-state index contributed by atoms with van der Waals surface area (Å²) in [4.78, 5) is 23.5. The number of benzene rings is 1. The van der Waals surface area contributed by atoms with Crippen LogP contribution in [0.25, 0.3) is 11.1 Å². The highest BCUT2D eigenvalue weighted by molar-refractivity contribution is 6.36. The largest absolute Gasteiger partial charge is 0.482 e. The van der Waals surface area contributed by atoms with E-state index >= 15 is 0 Å². The maximum Gasteiger partial charge on any atom is 0.303 e. The van der Waals surface area contributed by atoms with Gasteiger partial charge in [-0.1, -0.05) is 23.2 Å². The van der Waals surface area contributed by atoms with Crippen LogP contribution < -0.4 is 15.8 Å². The molecule has 10 nitrogen and oxygen atoms in total. The van der Waals surface area contributed by atoms with E-state index in [0.717, 1.165) is 37.1 Å². The molecule has 4 rings (SSSR count). The number of hydrogen-bond donors (Lipinski definition) is 4. The van der Waals surface area contributed by atoms with Crippen LogP contribution in [0.1, 0.15) is 50.3 Å². The number of nitrogens with one attached hydrogen (secondary N) is 1. The number of aliphatic carboxylic acids is 2. The Bertz CT molecular complexity index is 1270. The molecule has 13 heteroatoms. The summed E-state index contributed by atoms with van der Waals surface area (Å²) in [6, 6.07) is 4.85. The molecule has 38 heavy (non-hydrogen) atoms. The van der Waals surface area contributed by atoms with E-state index < -0.39 is 23.9 Å². The molecule has 2 aromatic heterocycles. The fraction of sp³-hybridized carbons (Fsp3) is 0.360. The quantitative estimate of drug-likeness (QED) is 0.276. The van der Waals surface area contributed by atoms with Crippen molar-refractivity contribution >= 4 is 41.0 Å². The second kappa shape index (κ2) is 13.4. The van der Waals surface area contributed by atoms with Crippen molar-refractivity contribution in [2.75, 3.05) is 18.8 Å². The topological polar surface area (TPSA) is 153 Å². The van der Waals surface area contributed by atoms with Gasteiger partial charge in [0.1, 0.15) is 11.9 Å². The predicted octanol–water partition coefficient (Wildman–Crippen LogP) is 4.97. The standard InChI is InChI=1S/C21H22Cl2FN5O.C4H6O4/c1-12(19-16(22)2-3-17(24)20(19)23)30-18-8-13(9-27-21(18)25)14-10-28-29(11-14)15-4-6-26-7-5-15;5-3(6)1-2-4(7)8/h2-3,8-12,15,26H,4-7H2,1H3,(H2,25,27);1-2H2,(H,5,6)(H,7,8)/t12-;/m1./s1. The molecule has 1 aliphatic heterocycles. The van der Waals surface area contributed by atoms with Gasteiger partial charge >= 0.3 is 11.9 Å². The van der Waals surface area contributed by atoms with E-state index in [2.05, 4.69) is 15.4 Å².